The van der Waals surface area contributed by atoms with Crippen molar-refractivity contribution in [2.45, 2.75) is 39.2 Å². The van der Waals surface area contributed by atoms with Crippen LogP contribution in [0.25, 0.3) is 11.1 Å². The van der Waals surface area contributed by atoms with Crippen molar-refractivity contribution < 1.29 is 23.8 Å². The van der Waals surface area contributed by atoms with Crippen LogP contribution in [0.1, 0.15) is 58.9 Å². The van der Waals surface area contributed by atoms with E-state index in [1.807, 2.05) is 66.7 Å². The zero-order valence-electron chi connectivity index (χ0n) is 21.6. The minimum atomic E-state index is -0.470. The van der Waals surface area contributed by atoms with Gasteiger partial charge in [0.1, 0.15) is 18.1 Å². The van der Waals surface area contributed by atoms with Gasteiger partial charge in [0.05, 0.1) is 17.7 Å². The van der Waals surface area contributed by atoms with Crippen LogP contribution in [-0.4, -0.2) is 18.5 Å². The van der Waals surface area contributed by atoms with E-state index < -0.39 is 11.9 Å². The number of hydrogen-bond acceptors (Lipinski definition) is 5. The van der Waals surface area contributed by atoms with Gasteiger partial charge in [0.25, 0.3) is 0 Å². The van der Waals surface area contributed by atoms with E-state index in [4.69, 9.17) is 14.2 Å². The lowest BCUT2D eigenvalue weighted by Gasteiger charge is -2.09. The molecule has 4 rings (SSSR count). The Balaban J connectivity index is 1.27. The van der Waals surface area contributed by atoms with Crippen molar-refractivity contribution in [3.63, 3.8) is 0 Å². The van der Waals surface area contributed by atoms with Crippen molar-refractivity contribution >= 4 is 11.9 Å². The maximum absolute atomic E-state index is 12.6. The van der Waals surface area contributed by atoms with Crippen LogP contribution in [0, 0.1) is 0 Å². The Kier molecular flexibility index (Phi) is 9.69. The predicted octanol–water partition coefficient (Wildman–Crippen LogP) is 7.89. The summed E-state index contributed by atoms with van der Waals surface area (Å²) in [4.78, 5) is 24.9. The quantitative estimate of drug-likeness (QED) is 0.111. The van der Waals surface area contributed by atoms with E-state index in [1.165, 1.54) is 19.3 Å². The van der Waals surface area contributed by atoms with Crippen molar-refractivity contribution in [3.05, 3.63) is 120 Å². The van der Waals surface area contributed by atoms with Gasteiger partial charge >= 0.3 is 11.9 Å². The highest BCUT2D eigenvalue weighted by atomic mass is 16.5. The van der Waals surface area contributed by atoms with Gasteiger partial charge in [-0.1, -0.05) is 80.8 Å². The van der Waals surface area contributed by atoms with Crippen LogP contribution in [0.5, 0.6) is 11.5 Å². The molecular weight excluding hydrogens is 476 g/mol. The van der Waals surface area contributed by atoms with Crippen LogP contribution < -0.4 is 9.47 Å². The molecular formula is C33H32O5. The molecule has 0 amide bonds. The minimum absolute atomic E-state index is 0.198. The highest BCUT2D eigenvalue weighted by molar-refractivity contribution is 5.92. The van der Waals surface area contributed by atoms with Crippen LogP contribution >= 0.6 is 0 Å². The molecule has 4 aromatic rings. The van der Waals surface area contributed by atoms with Crippen LogP contribution in [0.2, 0.25) is 0 Å². The van der Waals surface area contributed by atoms with Crippen LogP contribution in [0.3, 0.4) is 0 Å². The van der Waals surface area contributed by atoms with E-state index in [0.29, 0.717) is 16.9 Å². The summed E-state index contributed by atoms with van der Waals surface area (Å²) < 4.78 is 16.6. The molecule has 0 saturated heterocycles. The lowest BCUT2D eigenvalue weighted by Crippen LogP contribution is -2.09. The SMILES string of the molecule is CCCCCCOc1ccc(-c2ccc(C(=O)Oc3ccc(C(=O)OCc4ccccc4)cc3)cc2)cc1. The number of esters is 2. The number of carbonyl (C=O) groups excluding carboxylic acids is 2. The molecule has 0 aliphatic heterocycles. The zero-order valence-corrected chi connectivity index (χ0v) is 21.6. The molecule has 0 aliphatic carbocycles. The molecule has 194 valence electrons. The second-order valence-electron chi connectivity index (χ2n) is 8.99. The van der Waals surface area contributed by atoms with Gasteiger partial charge < -0.3 is 14.2 Å². The molecule has 5 nitrogen and oxygen atoms in total. The first-order valence-corrected chi connectivity index (χ1v) is 13.0. The van der Waals surface area contributed by atoms with Crippen molar-refractivity contribution in [1.29, 1.82) is 0 Å². The summed E-state index contributed by atoms with van der Waals surface area (Å²) in [6, 6.07) is 31.0. The summed E-state index contributed by atoms with van der Waals surface area (Å²) in [6.45, 7) is 3.13. The van der Waals surface area contributed by atoms with Crippen LogP contribution in [0.4, 0.5) is 0 Å². The van der Waals surface area contributed by atoms with Gasteiger partial charge in [-0.05, 0) is 71.6 Å². The topological polar surface area (TPSA) is 61.8 Å². The maximum Gasteiger partial charge on any atom is 0.343 e. The molecule has 0 bridgehead atoms. The fourth-order valence-electron chi connectivity index (χ4n) is 3.89. The molecule has 0 N–H and O–H groups in total. The molecule has 0 aromatic heterocycles. The molecule has 0 atom stereocenters. The summed E-state index contributed by atoms with van der Waals surface area (Å²) >= 11 is 0. The van der Waals surface area contributed by atoms with E-state index >= 15 is 0 Å². The average molecular weight is 509 g/mol. The molecule has 0 fully saturated rings. The van der Waals surface area contributed by atoms with Gasteiger partial charge in [0, 0.05) is 0 Å². The summed E-state index contributed by atoms with van der Waals surface area (Å²) in [6.07, 6.45) is 4.72. The Morgan fingerprint density at radius 3 is 1.84 bits per heavy atom. The maximum atomic E-state index is 12.6. The van der Waals surface area contributed by atoms with E-state index in [-0.39, 0.29) is 6.61 Å². The zero-order chi connectivity index (χ0) is 26.6. The lowest BCUT2D eigenvalue weighted by atomic mass is 10.0. The third kappa shape index (κ3) is 7.81. The monoisotopic (exact) mass is 508 g/mol. The molecule has 0 radical (unpaired) electrons. The Hall–Kier alpha value is -4.38. The third-order valence-corrected chi connectivity index (χ3v) is 6.09. The summed E-state index contributed by atoms with van der Waals surface area (Å²) in [5.41, 5.74) is 3.77. The number of hydrogen-bond donors (Lipinski definition) is 0. The lowest BCUT2D eigenvalue weighted by molar-refractivity contribution is 0.0472. The minimum Gasteiger partial charge on any atom is -0.494 e. The Morgan fingerprint density at radius 2 is 1.18 bits per heavy atom. The van der Waals surface area contributed by atoms with E-state index in [9.17, 15) is 9.59 Å². The number of benzene rings is 4. The van der Waals surface area contributed by atoms with Crippen LogP contribution in [-0.2, 0) is 11.3 Å². The molecule has 5 heteroatoms. The molecule has 0 aliphatic rings. The van der Waals surface area contributed by atoms with Crippen molar-refractivity contribution in [2.75, 3.05) is 6.61 Å². The smallest absolute Gasteiger partial charge is 0.343 e. The van der Waals surface area contributed by atoms with Gasteiger partial charge in [-0.15, -0.1) is 0 Å². The van der Waals surface area contributed by atoms with Gasteiger partial charge in [0.15, 0.2) is 0 Å². The second kappa shape index (κ2) is 13.8. The molecule has 0 saturated carbocycles. The number of carbonyl (C=O) groups is 2. The normalized spacial score (nSPS) is 10.6. The first kappa shape index (κ1) is 26.7. The molecule has 4 aromatic carbocycles. The van der Waals surface area contributed by atoms with Crippen molar-refractivity contribution in [1.82, 2.24) is 0 Å². The van der Waals surface area contributed by atoms with Gasteiger partial charge in [-0.25, -0.2) is 9.59 Å². The highest BCUT2D eigenvalue weighted by Gasteiger charge is 2.12. The molecule has 0 unspecified atom stereocenters. The Bertz CT molecular complexity index is 1290. The first-order chi connectivity index (χ1) is 18.6. The van der Waals surface area contributed by atoms with Crippen LogP contribution in [0.15, 0.2) is 103 Å². The van der Waals surface area contributed by atoms with E-state index in [1.54, 1.807) is 36.4 Å². The van der Waals surface area contributed by atoms with Crippen molar-refractivity contribution in [3.8, 4) is 22.6 Å². The Morgan fingerprint density at radius 1 is 0.605 bits per heavy atom. The summed E-state index contributed by atoms with van der Waals surface area (Å²) in [5, 5.41) is 0. The fraction of sp³-hybridized carbons (Fsp3) is 0.212. The summed E-state index contributed by atoms with van der Waals surface area (Å²) in [5.74, 6) is 0.307. The average Bonchev–Trinajstić information content (AvgIpc) is 2.97. The Labute approximate surface area is 224 Å². The fourth-order valence-corrected chi connectivity index (χ4v) is 3.89. The van der Waals surface area contributed by atoms with Gasteiger partial charge in [-0.3, -0.25) is 0 Å². The van der Waals surface area contributed by atoms with Gasteiger partial charge in [-0.2, -0.15) is 0 Å². The number of unbranched alkanes of at least 4 members (excludes halogenated alkanes) is 3. The first-order valence-electron chi connectivity index (χ1n) is 13.0. The molecule has 0 heterocycles. The highest BCUT2D eigenvalue weighted by Crippen LogP contribution is 2.24. The van der Waals surface area contributed by atoms with E-state index in [0.717, 1.165) is 35.5 Å². The molecule has 0 spiro atoms. The molecule has 38 heavy (non-hydrogen) atoms. The predicted molar refractivity (Wildman–Crippen MR) is 148 cm³/mol. The third-order valence-electron chi connectivity index (χ3n) is 6.09. The van der Waals surface area contributed by atoms with E-state index in [2.05, 4.69) is 6.92 Å². The van der Waals surface area contributed by atoms with Gasteiger partial charge in [0.2, 0.25) is 0 Å². The number of ether oxygens (including phenoxy) is 3. The van der Waals surface area contributed by atoms with Crippen molar-refractivity contribution in [2.24, 2.45) is 0 Å². The largest absolute Gasteiger partial charge is 0.494 e. The standard InChI is InChI=1S/C33H32O5/c1-2-3-4-8-23-36-30-19-15-27(16-20-30)26-11-13-29(14-12-26)33(35)38-31-21-17-28(18-22-31)32(34)37-24-25-9-6-5-7-10-25/h5-7,9-22H,2-4,8,23-24H2,1H3. The summed E-state index contributed by atoms with van der Waals surface area (Å²) in [7, 11) is 0. The number of rotatable bonds is 12. The second-order valence-corrected chi connectivity index (χ2v) is 8.99.